The third kappa shape index (κ3) is 4.28. The van der Waals surface area contributed by atoms with Gasteiger partial charge in [-0.25, -0.2) is 9.78 Å². The largest absolute Gasteiger partial charge is 0.492 e. The summed E-state index contributed by atoms with van der Waals surface area (Å²) >= 11 is 1.35. The molecule has 0 atom stereocenters. The van der Waals surface area contributed by atoms with Crippen LogP contribution in [0.1, 0.15) is 13.8 Å². The Balaban J connectivity index is 1.72. The van der Waals surface area contributed by atoms with E-state index >= 15 is 0 Å². The zero-order chi connectivity index (χ0) is 18.5. The molecule has 3 N–H and O–H groups in total. The number of benzene rings is 2. The van der Waals surface area contributed by atoms with Crippen molar-refractivity contribution in [1.82, 2.24) is 4.98 Å². The number of ether oxygens (including phenoxy) is 1. The number of thiazole rings is 1. The van der Waals surface area contributed by atoms with Gasteiger partial charge in [0.2, 0.25) is 5.91 Å². The number of para-hydroxylation sites is 2. The average Bonchev–Trinajstić information content (AvgIpc) is 2.97. The van der Waals surface area contributed by atoms with Gasteiger partial charge in [-0.3, -0.25) is 4.79 Å². The number of nitrogens with zero attached hydrogens (tertiary/aromatic N) is 1. The van der Waals surface area contributed by atoms with Gasteiger partial charge in [-0.15, -0.1) is 0 Å². The van der Waals surface area contributed by atoms with E-state index in [0.29, 0.717) is 28.9 Å². The molecule has 0 aliphatic carbocycles. The van der Waals surface area contributed by atoms with Crippen LogP contribution < -0.4 is 20.7 Å². The van der Waals surface area contributed by atoms with Crippen LogP contribution in [0.4, 0.5) is 21.3 Å². The van der Waals surface area contributed by atoms with Crippen molar-refractivity contribution in [2.45, 2.75) is 13.8 Å². The molecule has 3 aromatic rings. The van der Waals surface area contributed by atoms with Crippen molar-refractivity contribution in [3.63, 3.8) is 0 Å². The Kier molecular flexibility index (Phi) is 5.33. The number of carbonyl (C=O) groups excluding carboxylic acids is 2. The molecule has 0 saturated carbocycles. The SMILES string of the molecule is CCOc1ccccc1NC(=O)Nc1ccc2nc(NC(C)=O)sc2c1. The van der Waals surface area contributed by atoms with Gasteiger partial charge in [-0.1, -0.05) is 23.5 Å². The summed E-state index contributed by atoms with van der Waals surface area (Å²) in [6.45, 7) is 3.83. The number of fused-ring (bicyclic) bond motifs is 1. The molecule has 1 aromatic heterocycles. The number of hydrogen-bond acceptors (Lipinski definition) is 5. The lowest BCUT2D eigenvalue weighted by Crippen LogP contribution is -2.19. The number of amides is 3. The highest BCUT2D eigenvalue weighted by atomic mass is 32.1. The van der Waals surface area contributed by atoms with Crippen molar-refractivity contribution in [2.75, 3.05) is 22.6 Å². The summed E-state index contributed by atoms with van der Waals surface area (Å²) in [4.78, 5) is 27.7. The van der Waals surface area contributed by atoms with Crippen molar-refractivity contribution in [2.24, 2.45) is 0 Å². The quantitative estimate of drug-likeness (QED) is 0.624. The van der Waals surface area contributed by atoms with Crippen molar-refractivity contribution >= 4 is 50.0 Å². The van der Waals surface area contributed by atoms with Gasteiger partial charge >= 0.3 is 6.03 Å². The zero-order valence-electron chi connectivity index (χ0n) is 14.3. The van der Waals surface area contributed by atoms with Crippen LogP contribution >= 0.6 is 11.3 Å². The van der Waals surface area contributed by atoms with E-state index in [1.54, 1.807) is 24.3 Å². The van der Waals surface area contributed by atoms with E-state index in [-0.39, 0.29) is 11.9 Å². The lowest BCUT2D eigenvalue weighted by molar-refractivity contribution is -0.114. The molecule has 0 unspecified atom stereocenters. The smallest absolute Gasteiger partial charge is 0.323 e. The summed E-state index contributed by atoms with van der Waals surface area (Å²) in [6, 6.07) is 12.2. The Morgan fingerprint density at radius 3 is 2.69 bits per heavy atom. The molecule has 3 rings (SSSR count). The van der Waals surface area contributed by atoms with E-state index < -0.39 is 0 Å². The number of aromatic nitrogens is 1. The van der Waals surface area contributed by atoms with Crippen LogP contribution in [0.2, 0.25) is 0 Å². The van der Waals surface area contributed by atoms with Gasteiger partial charge in [0.25, 0.3) is 0 Å². The number of hydrogen-bond donors (Lipinski definition) is 3. The second kappa shape index (κ2) is 7.83. The average molecular weight is 370 g/mol. The fraction of sp³-hybridized carbons (Fsp3) is 0.167. The van der Waals surface area contributed by atoms with Crippen molar-refractivity contribution in [3.8, 4) is 5.75 Å². The minimum absolute atomic E-state index is 0.172. The molecule has 3 amide bonds. The summed E-state index contributed by atoms with van der Waals surface area (Å²) in [7, 11) is 0. The number of rotatable bonds is 5. The molecule has 0 radical (unpaired) electrons. The summed E-state index contributed by atoms with van der Waals surface area (Å²) in [5.41, 5.74) is 1.98. The van der Waals surface area contributed by atoms with Crippen LogP contribution in [-0.4, -0.2) is 23.5 Å². The first-order valence-corrected chi connectivity index (χ1v) is 8.85. The van der Waals surface area contributed by atoms with Crippen LogP contribution in [0.5, 0.6) is 5.75 Å². The molecular weight excluding hydrogens is 352 g/mol. The monoisotopic (exact) mass is 370 g/mol. The number of anilines is 3. The molecule has 0 aliphatic rings. The molecule has 134 valence electrons. The highest BCUT2D eigenvalue weighted by Crippen LogP contribution is 2.29. The molecule has 7 nitrogen and oxygen atoms in total. The van der Waals surface area contributed by atoms with Gasteiger partial charge in [0, 0.05) is 12.6 Å². The van der Waals surface area contributed by atoms with Crippen LogP contribution in [0.3, 0.4) is 0 Å². The maximum Gasteiger partial charge on any atom is 0.323 e. The fourth-order valence-corrected chi connectivity index (χ4v) is 3.29. The van der Waals surface area contributed by atoms with E-state index in [1.807, 2.05) is 25.1 Å². The van der Waals surface area contributed by atoms with Crippen molar-refractivity contribution in [3.05, 3.63) is 42.5 Å². The molecule has 8 heteroatoms. The first-order valence-electron chi connectivity index (χ1n) is 8.03. The Hall–Kier alpha value is -3.13. The third-order valence-corrected chi connectivity index (χ3v) is 4.30. The Morgan fingerprint density at radius 1 is 1.12 bits per heavy atom. The first kappa shape index (κ1) is 17.7. The highest BCUT2D eigenvalue weighted by molar-refractivity contribution is 7.22. The zero-order valence-corrected chi connectivity index (χ0v) is 15.1. The molecule has 1 heterocycles. The van der Waals surface area contributed by atoms with Gasteiger partial charge in [0.15, 0.2) is 5.13 Å². The summed E-state index contributed by atoms with van der Waals surface area (Å²) < 4.78 is 6.36. The van der Waals surface area contributed by atoms with Crippen molar-refractivity contribution in [1.29, 1.82) is 0 Å². The van der Waals surface area contributed by atoms with Crippen LogP contribution in [-0.2, 0) is 4.79 Å². The Labute approximate surface area is 154 Å². The maximum absolute atomic E-state index is 12.3. The molecular formula is C18H18N4O3S. The summed E-state index contributed by atoms with van der Waals surface area (Å²) in [5.74, 6) is 0.442. The van der Waals surface area contributed by atoms with Crippen molar-refractivity contribution < 1.29 is 14.3 Å². The predicted octanol–water partition coefficient (Wildman–Crippen LogP) is 4.30. The Bertz CT molecular complexity index is 955. The standard InChI is InChI=1S/C18H18N4O3S/c1-3-25-15-7-5-4-6-13(15)21-17(24)20-12-8-9-14-16(10-12)26-18(22-14)19-11(2)23/h4-10H,3H2,1-2H3,(H,19,22,23)(H2,20,21,24). The van der Waals surface area contributed by atoms with E-state index in [2.05, 4.69) is 20.9 Å². The molecule has 0 bridgehead atoms. The maximum atomic E-state index is 12.3. The van der Waals surface area contributed by atoms with Crippen LogP contribution in [0, 0.1) is 0 Å². The molecule has 0 aliphatic heterocycles. The van der Waals surface area contributed by atoms with Gasteiger partial charge in [-0.05, 0) is 37.3 Å². The van der Waals surface area contributed by atoms with E-state index in [9.17, 15) is 9.59 Å². The minimum atomic E-state index is -0.372. The normalized spacial score (nSPS) is 10.4. The number of urea groups is 1. The van der Waals surface area contributed by atoms with E-state index in [1.165, 1.54) is 18.3 Å². The minimum Gasteiger partial charge on any atom is -0.492 e. The van der Waals surface area contributed by atoms with Gasteiger partial charge in [0.05, 0.1) is 22.5 Å². The summed E-state index contributed by atoms with van der Waals surface area (Å²) in [5, 5.41) is 8.75. The third-order valence-electron chi connectivity index (χ3n) is 3.36. The summed E-state index contributed by atoms with van der Waals surface area (Å²) in [6.07, 6.45) is 0. The fourth-order valence-electron chi connectivity index (χ4n) is 2.34. The van der Waals surface area contributed by atoms with E-state index in [4.69, 9.17) is 4.74 Å². The lowest BCUT2D eigenvalue weighted by atomic mass is 10.3. The molecule has 0 saturated heterocycles. The Morgan fingerprint density at radius 2 is 1.92 bits per heavy atom. The number of carbonyl (C=O) groups is 2. The first-order chi connectivity index (χ1) is 12.5. The van der Waals surface area contributed by atoms with E-state index in [0.717, 1.165) is 10.2 Å². The molecule has 2 aromatic carbocycles. The topological polar surface area (TPSA) is 92.3 Å². The molecule has 0 spiro atoms. The van der Waals surface area contributed by atoms with Crippen LogP contribution in [0.15, 0.2) is 42.5 Å². The predicted molar refractivity (Wildman–Crippen MR) is 104 cm³/mol. The number of nitrogens with one attached hydrogen (secondary N) is 3. The molecule has 0 fully saturated rings. The van der Waals surface area contributed by atoms with Crippen LogP contribution in [0.25, 0.3) is 10.2 Å². The van der Waals surface area contributed by atoms with Gasteiger partial charge in [0.1, 0.15) is 5.75 Å². The van der Waals surface area contributed by atoms with Gasteiger partial charge in [-0.2, -0.15) is 0 Å². The second-order valence-electron chi connectivity index (χ2n) is 5.39. The second-order valence-corrected chi connectivity index (χ2v) is 6.42. The van der Waals surface area contributed by atoms with Gasteiger partial charge < -0.3 is 20.7 Å². The lowest BCUT2D eigenvalue weighted by Gasteiger charge is -2.12. The highest BCUT2D eigenvalue weighted by Gasteiger charge is 2.10. The molecule has 26 heavy (non-hydrogen) atoms.